The second-order valence-corrected chi connectivity index (χ2v) is 5.46. The molecule has 0 amide bonds. The van der Waals surface area contributed by atoms with E-state index >= 15 is 0 Å². The molecule has 0 atom stereocenters. The zero-order valence-corrected chi connectivity index (χ0v) is 10.4. The molecule has 94 valence electrons. The normalized spacial score (nSPS) is 11.4. The molecule has 0 aliphatic carbocycles. The quantitative estimate of drug-likeness (QED) is 0.774. The largest absolute Gasteiger partial charge is 0.350 e. The van der Waals surface area contributed by atoms with Gasteiger partial charge in [-0.25, -0.2) is 17.8 Å². The topological polar surface area (TPSA) is 78.1 Å². The van der Waals surface area contributed by atoms with Gasteiger partial charge in [-0.05, 0) is 23.7 Å². The summed E-state index contributed by atoms with van der Waals surface area (Å²) in [7, 11) is -4.01. The summed E-state index contributed by atoms with van der Waals surface area (Å²) >= 11 is 5.13. The van der Waals surface area contributed by atoms with Gasteiger partial charge < -0.3 is 0 Å². The summed E-state index contributed by atoms with van der Waals surface area (Å²) in [5.41, 5.74) is -1.03. The molecule has 0 unspecified atom stereocenters. The summed E-state index contributed by atoms with van der Waals surface area (Å²) in [6.07, 6.45) is 1.98. The Hall–Kier alpha value is -1.86. The van der Waals surface area contributed by atoms with Crippen LogP contribution < -0.4 is 5.69 Å². The Kier molecular flexibility index (Phi) is 3.10. The molecule has 0 aliphatic rings. The monoisotopic (exact) mass is 286 g/mol. The van der Waals surface area contributed by atoms with E-state index in [2.05, 4.69) is 0 Å². The van der Waals surface area contributed by atoms with Crippen molar-refractivity contribution in [1.82, 2.24) is 8.54 Å². The Morgan fingerprint density at radius 3 is 2.22 bits per heavy atom. The van der Waals surface area contributed by atoms with Gasteiger partial charge in [0, 0.05) is 12.4 Å². The minimum atomic E-state index is -4.01. The lowest BCUT2D eigenvalue weighted by Crippen LogP contribution is -2.30. The third-order valence-corrected chi connectivity index (χ3v) is 4.08. The maximum absolute atomic E-state index is 12.1. The third kappa shape index (κ3) is 1.98. The SMILES string of the molecule is O=C(Cl)n1ccn(S(=O)(=O)c2ccccc2)c1=O. The van der Waals surface area contributed by atoms with Gasteiger partial charge in [-0.3, -0.25) is 4.79 Å². The van der Waals surface area contributed by atoms with Crippen molar-refractivity contribution in [3.05, 3.63) is 53.2 Å². The second kappa shape index (κ2) is 4.43. The maximum Gasteiger partial charge on any atom is 0.350 e. The highest BCUT2D eigenvalue weighted by Gasteiger charge is 2.21. The van der Waals surface area contributed by atoms with Crippen LogP contribution in [0.1, 0.15) is 0 Å². The molecule has 18 heavy (non-hydrogen) atoms. The van der Waals surface area contributed by atoms with Crippen molar-refractivity contribution in [2.24, 2.45) is 0 Å². The molecule has 2 rings (SSSR count). The van der Waals surface area contributed by atoms with E-state index in [0.717, 1.165) is 12.4 Å². The number of carbonyl (C=O) groups excluding carboxylic acids is 1. The van der Waals surface area contributed by atoms with Crippen molar-refractivity contribution >= 4 is 27.0 Å². The van der Waals surface area contributed by atoms with Crippen molar-refractivity contribution < 1.29 is 13.2 Å². The molecular weight excluding hydrogens is 280 g/mol. The van der Waals surface area contributed by atoms with E-state index in [1.807, 2.05) is 0 Å². The Balaban J connectivity index is 2.64. The number of benzene rings is 1. The zero-order chi connectivity index (χ0) is 13.3. The van der Waals surface area contributed by atoms with Crippen LogP contribution in [0.5, 0.6) is 0 Å². The zero-order valence-electron chi connectivity index (χ0n) is 8.86. The Morgan fingerprint density at radius 2 is 1.72 bits per heavy atom. The molecule has 0 radical (unpaired) electrons. The van der Waals surface area contributed by atoms with E-state index in [0.29, 0.717) is 8.54 Å². The highest BCUT2D eigenvalue weighted by molar-refractivity contribution is 7.90. The summed E-state index contributed by atoms with van der Waals surface area (Å²) in [6, 6.07) is 7.40. The van der Waals surface area contributed by atoms with Gasteiger partial charge in [-0.1, -0.05) is 18.2 Å². The predicted octanol–water partition coefficient (Wildman–Crippen LogP) is 1.09. The lowest BCUT2D eigenvalue weighted by Gasteiger charge is -2.03. The van der Waals surface area contributed by atoms with Gasteiger partial charge in [0.25, 0.3) is 10.0 Å². The molecule has 0 N–H and O–H groups in total. The lowest BCUT2D eigenvalue weighted by atomic mass is 10.4. The average molecular weight is 287 g/mol. The first kappa shape index (κ1) is 12.6. The Morgan fingerprint density at radius 1 is 1.11 bits per heavy atom. The summed E-state index contributed by atoms with van der Waals surface area (Å²) in [5, 5.41) is -1.07. The van der Waals surface area contributed by atoms with Crippen LogP contribution in [-0.4, -0.2) is 22.3 Å². The van der Waals surface area contributed by atoms with Gasteiger partial charge in [0.1, 0.15) is 0 Å². The van der Waals surface area contributed by atoms with Gasteiger partial charge in [-0.15, -0.1) is 0 Å². The van der Waals surface area contributed by atoms with E-state index in [1.54, 1.807) is 6.07 Å². The summed E-state index contributed by atoms with van der Waals surface area (Å²) in [6.45, 7) is 0. The van der Waals surface area contributed by atoms with Crippen LogP contribution in [0.2, 0.25) is 0 Å². The van der Waals surface area contributed by atoms with E-state index < -0.39 is 21.1 Å². The van der Waals surface area contributed by atoms with Gasteiger partial charge in [0.05, 0.1) is 4.90 Å². The molecule has 0 aliphatic heterocycles. The minimum absolute atomic E-state index is 0.0492. The first-order valence-corrected chi connectivity index (χ1v) is 6.57. The smallest absolute Gasteiger partial charge is 0.254 e. The van der Waals surface area contributed by atoms with Gasteiger partial charge in [0.15, 0.2) is 0 Å². The number of halogens is 1. The summed E-state index contributed by atoms with van der Waals surface area (Å²) in [5.74, 6) is 0. The molecule has 0 saturated heterocycles. The van der Waals surface area contributed by atoms with Crippen LogP contribution >= 0.6 is 11.6 Å². The number of rotatable bonds is 2. The van der Waals surface area contributed by atoms with Gasteiger partial charge in [0.2, 0.25) is 0 Å². The number of nitrogens with zero attached hydrogens (tertiary/aromatic N) is 2. The molecule has 6 nitrogen and oxygen atoms in total. The van der Waals surface area contributed by atoms with E-state index in [-0.39, 0.29) is 4.90 Å². The summed E-state index contributed by atoms with van der Waals surface area (Å²) < 4.78 is 25.1. The lowest BCUT2D eigenvalue weighted by molar-refractivity contribution is 0.260. The van der Waals surface area contributed by atoms with Crippen molar-refractivity contribution in [3.63, 3.8) is 0 Å². The molecule has 0 spiro atoms. The fourth-order valence-electron chi connectivity index (χ4n) is 1.38. The fraction of sp³-hybridized carbons (Fsp3) is 0. The number of hydrogen-bond acceptors (Lipinski definition) is 4. The molecular formula is C10H7ClN2O4S. The Bertz CT molecular complexity index is 746. The standard InChI is InChI=1S/C10H7ClN2O4S/c11-9(14)12-6-7-13(10(12)15)18(16,17)8-4-2-1-3-5-8/h1-7H. The van der Waals surface area contributed by atoms with Crippen LogP contribution in [0.15, 0.2) is 52.4 Å². The van der Waals surface area contributed by atoms with E-state index in [1.165, 1.54) is 24.3 Å². The van der Waals surface area contributed by atoms with E-state index in [4.69, 9.17) is 11.6 Å². The molecule has 8 heteroatoms. The molecule has 1 aromatic heterocycles. The van der Waals surface area contributed by atoms with Gasteiger partial charge >= 0.3 is 11.1 Å². The Labute approximate surface area is 107 Å². The average Bonchev–Trinajstić information content (AvgIpc) is 2.73. The van der Waals surface area contributed by atoms with Crippen LogP contribution in [0, 0.1) is 0 Å². The van der Waals surface area contributed by atoms with Crippen LogP contribution in [-0.2, 0) is 10.0 Å². The molecule has 1 aromatic carbocycles. The number of carbonyl (C=O) groups is 1. The van der Waals surface area contributed by atoms with E-state index in [9.17, 15) is 18.0 Å². The number of aromatic nitrogens is 2. The van der Waals surface area contributed by atoms with Crippen LogP contribution in [0.25, 0.3) is 0 Å². The third-order valence-electron chi connectivity index (χ3n) is 2.24. The highest BCUT2D eigenvalue weighted by Crippen LogP contribution is 2.10. The molecule has 0 bridgehead atoms. The van der Waals surface area contributed by atoms with Gasteiger partial charge in [-0.2, -0.15) is 3.97 Å². The minimum Gasteiger partial charge on any atom is -0.254 e. The first-order chi connectivity index (χ1) is 8.44. The molecule has 0 saturated carbocycles. The fourth-order valence-corrected chi connectivity index (χ4v) is 2.75. The number of hydrogen-bond donors (Lipinski definition) is 0. The second-order valence-electron chi connectivity index (χ2n) is 3.32. The first-order valence-electron chi connectivity index (χ1n) is 4.75. The number of imidazole rings is 1. The van der Waals surface area contributed by atoms with Crippen molar-refractivity contribution in [2.75, 3.05) is 0 Å². The molecule has 1 heterocycles. The highest BCUT2D eigenvalue weighted by atomic mass is 35.5. The van der Waals surface area contributed by atoms with Crippen molar-refractivity contribution in [3.8, 4) is 0 Å². The van der Waals surface area contributed by atoms with Crippen molar-refractivity contribution in [2.45, 2.75) is 4.90 Å². The molecule has 2 aromatic rings. The molecule has 0 fully saturated rings. The van der Waals surface area contributed by atoms with Crippen molar-refractivity contribution in [1.29, 1.82) is 0 Å². The van der Waals surface area contributed by atoms with Crippen LogP contribution in [0.3, 0.4) is 0 Å². The predicted molar refractivity (Wildman–Crippen MR) is 64.4 cm³/mol. The van der Waals surface area contributed by atoms with Crippen LogP contribution in [0.4, 0.5) is 4.79 Å². The maximum atomic E-state index is 12.1. The summed E-state index contributed by atoms with van der Waals surface area (Å²) in [4.78, 5) is 22.5.